The van der Waals surface area contributed by atoms with Gasteiger partial charge in [-0.3, -0.25) is 4.79 Å². The molecule has 2 saturated heterocycles. The van der Waals surface area contributed by atoms with Crippen LogP contribution in [0.5, 0.6) is 5.88 Å². The summed E-state index contributed by atoms with van der Waals surface area (Å²) in [4.78, 5) is 15.0. The van der Waals surface area contributed by atoms with Crippen molar-refractivity contribution in [3.63, 3.8) is 0 Å². The minimum Gasteiger partial charge on any atom is -0.477 e. The van der Waals surface area contributed by atoms with Crippen molar-refractivity contribution in [3.05, 3.63) is 29.6 Å². The van der Waals surface area contributed by atoms with E-state index >= 15 is 0 Å². The number of carbonyl (C=O) groups is 1. The van der Waals surface area contributed by atoms with Crippen LogP contribution in [-0.4, -0.2) is 62.6 Å². The number of nitrogens with zero attached hydrogens (tertiary/aromatic N) is 5. The molecule has 2 unspecified atom stereocenters. The predicted octanol–water partition coefficient (Wildman–Crippen LogP) is 2.15. The number of hydrogen-bond donors (Lipinski definition) is 1. The molecular weight excluding hydrogens is 380 g/mol. The SMILES string of the molecule is CCOc1ccc(-n2ncc(C(=O)N(C)C3CC4CCC(C3)N4)c2C)nn1.Cl. The zero-order valence-corrected chi connectivity index (χ0v) is 17.3. The standard InChI is InChI=1S/C19H26N6O2.ClH/c1-4-27-18-8-7-17(22-23-18)25-12(2)16(11-20-25)19(26)24(3)15-9-13-5-6-14(10-15)21-13;/h7-8,11,13-15,21H,4-6,9-10H2,1-3H3;1H. The lowest BCUT2D eigenvalue weighted by atomic mass is 9.98. The second-order valence-corrected chi connectivity index (χ2v) is 7.40. The van der Waals surface area contributed by atoms with E-state index in [2.05, 4.69) is 20.6 Å². The lowest BCUT2D eigenvalue weighted by molar-refractivity contribution is 0.0681. The molecule has 2 aliphatic heterocycles. The Morgan fingerprint density at radius 2 is 2.00 bits per heavy atom. The Hall–Kier alpha value is -2.19. The van der Waals surface area contributed by atoms with Crippen molar-refractivity contribution in [2.45, 2.75) is 57.7 Å². The number of fused-ring (bicyclic) bond motifs is 2. The number of halogens is 1. The van der Waals surface area contributed by atoms with E-state index in [0.29, 0.717) is 36.0 Å². The highest BCUT2D eigenvalue weighted by Gasteiger charge is 2.37. The number of carbonyl (C=O) groups excluding carboxylic acids is 1. The molecule has 2 aromatic rings. The summed E-state index contributed by atoms with van der Waals surface area (Å²) < 4.78 is 6.97. The molecule has 2 fully saturated rings. The Morgan fingerprint density at radius 3 is 2.61 bits per heavy atom. The molecule has 0 radical (unpaired) electrons. The predicted molar refractivity (Wildman–Crippen MR) is 107 cm³/mol. The molecule has 8 nitrogen and oxygen atoms in total. The van der Waals surface area contributed by atoms with Gasteiger partial charge < -0.3 is 15.0 Å². The molecule has 4 heterocycles. The second-order valence-electron chi connectivity index (χ2n) is 7.40. The topological polar surface area (TPSA) is 85.2 Å². The Kier molecular flexibility index (Phi) is 6.20. The summed E-state index contributed by atoms with van der Waals surface area (Å²) in [6, 6.07) is 4.93. The van der Waals surface area contributed by atoms with Crippen molar-refractivity contribution < 1.29 is 9.53 Å². The molecule has 4 rings (SSSR count). The van der Waals surface area contributed by atoms with E-state index in [9.17, 15) is 4.79 Å². The zero-order valence-electron chi connectivity index (χ0n) is 16.5. The highest BCUT2D eigenvalue weighted by molar-refractivity contribution is 5.95. The van der Waals surface area contributed by atoms with Crippen molar-refractivity contribution in [1.82, 2.24) is 30.2 Å². The Balaban J connectivity index is 0.00000225. The number of aromatic nitrogens is 4. The first-order valence-electron chi connectivity index (χ1n) is 9.61. The first-order valence-corrected chi connectivity index (χ1v) is 9.61. The largest absolute Gasteiger partial charge is 0.477 e. The van der Waals surface area contributed by atoms with Crippen molar-refractivity contribution in [2.24, 2.45) is 0 Å². The molecule has 0 aromatic carbocycles. The van der Waals surface area contributed by atoms with Crippen LogP contribution in [0.3, 0.4) is 0 Å². The van der Waals surface area contributed by atoms with E-state index in [-0.39, 0.29) is 24.4 Å². The van der Waals surface area contributed by atoms with Crippen LogP contribution in [0, 0.1) is 6.92 Å². The summed E-state index contributed by atoms with van der Waals surface area (Å²) >= 11 is 0. The van der Waals surface area contributed by atoms with Crippen molar-refractivity contribution in [1.29, 1.82) is 0 Å². The first kappa shape index (κ1) is 20.5. The third kappa shape index (κ3) is 3.84. The molecule has 0 saturated carbocycles. The molecule has 0 aliphatic carbocycles. The van der Waals surface area contributed by atoms with Gasteiger partial charge in [-0.25, -0.2) is 4.68 Å². The smallest absolute Gasteiger partial charge is 0.257 e. The van der Waals surface area contributed by atoms with Crippen molar-refractivity contribution in [2.75, 3.05) is 13.7 Å². The van der Waals surface area contributed by atoms with Gasteiger partial charge in [-0.15, -0.1) is 22.6 Å². The zero-order chi connectivity index (χ0) is 19.0. The van der Waals surface area contributed by atoms with Crippen LogP contribution in [0.25, 0.3) is 5.82 Å². The van der Waals surface area contributed by atoms with Gasteiger partial charge in [0.25, 0.3) is 5.91 Å². The second kappa shape index (κ2) is 8.45. The highest BCUT2D eigenvalue weighted by atomic mass is 35.5. The molecule has 9 heteroatoms. The van der Waals surface area contributed by atoms with Crippen LogP contribution in [0.1, 0.15) is 48.7 Å². The molecule has 28 heavy (non-hydrogen) atoms. The maximum absolute atomic E-state index is 13.1. The van der Waals surface area contributed by atoms with Gasteiger partial charge in [-0.1, -0.05) is 0 Å². The lowest BCUT2D eigenvalue weighted by Crippen LogP contribution is -2.48. The molecule has 1 amide bonds. The maximum atomic E-state index is 13.1. The van der Waals surface area contributed by atoms with E-state index < -0.39 is 0 Å². The van der Waals surface area contributed by atoms with E-state index in [1.165, 1.54) is 12.8 Å². The number of hydrogen-bond acceptors (Lipinski definition) is 6. The van der Waals surface area contributed by atoms with Crippen molar-refractivity contribution >= 4 is 18.3 Å². The van der Waals surface area contributed by atoms with Gasteiger partial charge in [-0.2, -0.15) is 5.10 Å². The van der Waals surface area contributed by atoms with Gasteiger partial charge in [0.05, 0.1) is 24.1 Å². The van der Waals surface area contributed by atoms with Gasteiger partial charge in [0.15, 0.2) is 5.82 Å². The summed E-state index contributed by atoms with van der Waals surface area (Å²) in [6.45, 7) is 4.33. The highest BCUT2D eigenvalue weighted by Crippen LogP contribution is 2.30. The average molecular weight is 407 g/mol. The van der Waals surface area contributed by atoms with Crippen LogP contribution in [0.15, 0.2) is 18.3 Å². The van der Waals surface area contributed by atoms with E-state index in [4.69, 9.17) is 4.74 Å². The molecule has 0 spiro atoms. The molecule has 152 valence electrons. The molecule has 2 aromatic heterocycles. The third-order valence-corrected chi connectivity index (χ3v) is 5.69. The molecule has 2 bridgehead atoms. The van der Waals surface area contributed by atoms with Crippen LogP contribution >= 0.6 is 12.4 Å². The van der Waals surface area contributed by atoms with Gasteiger partial charge >= 0.3 is 0 Å². The third-order valence-electron chi connectivity index (χ3n) is 5.69. The number of amides is 1. The average Bonchev–Trinajstić information content (AvgIpc) is 3.23. The van der Waals surface area contributed by atoms with Crippen LogP contribution in [0.2, 0.25) is 0 Å². The molecular formula is C19H27ClN6O2. The number of piperidine rings is 1. The Morgan fingerprint density at radius 1 is 1.29 bits per heavy atom. The van der Waals surface area contributed by atoms with Crippen LogP contribution < -0.4 is 10.1 Å². The van der Waals surface area contributed by atoms with E-state index in [0.717, 1.165) is 18.5 Å². The van der Waals surface area contributed by atoms with Gasteiger partial charge in [0, 0.05) is 31.2 Å². The van der Waals surface area contributed by atoms with E-state index in [1.54, 1.807) is 23.0 Å². The molecule has 1 N–H and O–H groups in total. The summed E-state index contributed by atoms with van der Waals surface area (Å²) in [6.07, 6.45) is 6.11. The Bertz CT molecular complexity index is 812. The van der Waals surface area contributed by atoms with Gasteiger partial charge in [0.1, 0.15) is 0 Å². The van der Waals surface area contributed by atoms with Crippen LogP contribution in [0.4, 0.5) is 0 Å². The molecule has 2 aliphatic rings. The monoisotopic (exact) mass is 406 g/mol. The quantitative estimate of drug-likeness (QED) is 0.818. The number of ether oxygens (including phenoxy) is 1. The fraction of sp³-hybridized carbons (Fsp3) is 0.579. The van der Waals surface area contributed by atoms with Gasteiger partial charge in [-0.05, 0) is 45.6 Å². The number of nitrogens with one attached hydrogen (secondary N) is 1. The molecule has 2 atom stereocenters. The summed E-state index contributed by atoms with van der Waals surface area (Å²) in [7, 11) is 1.91. The van der Waals surface area contributed by atoms with Crippen LogP contribution in [-0.2, 0) is 0 Å². The normalized spacial score (nSPS) is 23.2. The fourth-order valence-electron chi connectivity index (χ4n) is 4.20. The minimum atomic E-state index is 0. The minimum absolute atomic E-state index is 0. The summed E-state index contributed by atoms with van der Waals surface area (Å²) in [5, 5.41) is 16.2. The number of rotatable bonds is 5. The van der Waals surface area contributed by atoms with Gasteiger partial charge in [0.2, 0.25) is 5.88 Å². The summed E-state index contributed by atoms with van der Waals surface area (Å²) in [5.74, 6) is 1.06. The van der Waals surface area contributed by atoms with E-state index in [1.807, 2.05) is 25.8 Å². The maximum Gasteiger partial charge on any atom is 0.257 e. The Labute approximate surface area is 171 Å². The lowest BCUT2D eigenvalue weighted by Gasteiger charge is -2.35. The van der Waals surface area contributed by atoms with Crippen molar-refractivity contribution in [3.8, 4) is 11.7 Å². The fourth-order valence-corrected chi connectivity index (χ4v) is 4.20. The first-order chi connectivity index (χ1) is 13.1. The summed E-state index contributed by atoms with van der Waals surface area (Å²) in [5.41, 5.74) is 1.38.